The third-order valence-electron chi connectivity index (χ3n) is 9.70. The Morgan fingerprint density at radius 1 is 0.920 bits per heavy atom. The van der Waals surface area contributed by atoms with Gasteiger partial charge in [-0.1, -0.05) is 53.5 Å². The van der Waals surface area contributed by atoms with Crippen LogP contribution >= 0.6 is 23.2 Å². The van der Waals surface area contributed by atoms with Gasteiger partial charge in [-0.25, -0.2) is 14.8 Å². The van der Waals surface area contributed by atoms with Gasteiger partial charge in [0.05, 0.1) is 28.4 Å². The number of hydrogen-bond acceptors (Lipinski definition) is 5. The normalized spacial score (nSPS) is 14.4. The molecule has 0 radical (unpaired) electrons. The molecule has 0 aliphatic carbocycles. The summed E-state index contributed by atoms with van der Waals surface area (Å²) in [6, 6.07) is 18.3. The number of aryl methyl sites for hydroxylation is 5. The molecule has 1 N–H and O–H groups in total. The third kappa shape index (κ3) is 5.56. The topological polar surface area (TPSA) is 97.6 Å². The van der Waals surface area contributed by atoms with Crippen molar-refractivity contribution in [3.63, 3.8) is 0 Å². The van der Waals surface area contributed by atoms with Gasteiger partial charge in [-0.05, 0) is 99.9 Å². The van der Waals surface area contributed by atoms with Crippen LogP contribution < -0.4 is 9.64 Å². The minimum Gasteiger partial charge on any atom is -0.494 e. The predicted molar refractivity (Wildman–Crippen MR) is 199 cm³/mol. The molecule has 50 heavy (non-hydrogen) atoms. The number of ether oxygens (including phenoxy) is 1. The second kappa shape index (κ2) is 13.1. The van der Waals surface area contributed by atoms with E-state index in [0.717, 1.165) is 60.9 Å². The SMILES string of the molecule is Cc1cc(OCCCc2c3n(c4c(-c5c(C)ncnc5C)c(Cl)ccc24)[C@H](C)CN(c2cccc4c(C(=O)O)cccc24)C3=O)cc(C)c1Cl. The van der Waals surface area contributed by atoms with Crippen LogP contribution in [0.25, 0.3) is 32.8 Å². The summed E-state index contributed by atoms with van der Waals surface area (Å²) in [5.74, 6) is -0.420. The number of halogens is 2. The molecule has 1 atom stereocenters. The lowest BCUT2D eigenvalue weighted by Crippen LogP contribution is -2.42. The first-order valence-electron chi connectivity index (χ1n) is 16.6. The number of carbonyl (C=O) groups excluding carboxylic acids is 1. The van der Waals surface area contributed by atoms with Crippen molar-refractivity contribution in [2.45, 2.75) is 53.5 Å². The first-order valence-corrected chi connectivity index (χ1v) is 17.3. The molecule has 7 rings (SSSR count). The summed E-state index contributed by atoms with van der Waals surface area (Å²) in [7, 11) is 0. The average molecular weight is 708 g/mol. The second-order valence-electron chi connectivity index (χ2n) is 13.0. The van der Waals surface area contributed by atoms with Gasteiger partial charge in [0.1, 0.15) is 17.8 Å². The lowest BCUT2D eigenvalue weighted by Gasteiger charge is -2.35. The van der Waals surface area contributed by atoms with E-state index in [2.05, 4.69) is 21.5 Å². The van der Waals surface area contributed by atoms with E-state index in [1.807, 2.05) is 70.2 Å². The monoisotopic (exact) mass is 706 g/mol. The second-order valence-corrected chi connectivity index (χ2v) is 13.8. The number of amides is 1. The summed E-state index contributed by atoms with van der Waals surface area (Å²) in [5, 5.41) is 13.4. The Bertz CT molecular complexity index is 2320. The van der Waals surface area contributed by atoms with Gasteiger partial charge in [0, 0.05) is 50.9 Å². The van der Waals surface area contributed by atoms with Crippen molar-refractivity contribution in [2.75, 3.05) is 18.1 Å². The zero-order chi connectivity index (χ0) is 35.4. The van der Waals surface area contributed by atoms with Gasteiger partial charge in [-0.2, -0.15) is 0 Å². The van der Waals surface area contributed by atoms with Crippen molar-refractivity contribution in [2.24, 2.45) is 0 Å². The molecule has 1 aliphatic heterocycles. The Hall–Kier alpha value is -4.92. The number of rotatable bonds is 8. The molecule has 0 spiro atoms. The fourth-order valence-electron chi connectivity index (χ4n) is 7.47. The van der Waals surface area contributed by atoms with Crippen LogP contribution in [-0.4, -0.2) is 44.7 Å². The molecule has 254 valence electrons. The van der Waals surface area contributed by atoms with Crippen LogP contribution in [0.4, 0.5) is 5.69 Å². The fourth-order valence-corrected chi connectivity index (χ4v) is 7.83. The molecule has 1 amide bonds. The maximum Gasteiger partial charge on any atom is 0.336 e. The maximum absolute atomic E-state index is 14.9. The number of hydrogen-bond donors (Lipinski definition) is 1. The number of nitrogens with zero attached hydrogens (tertiary/aromatic N) is 4. The lowest BCUT2D eigenvalue weighted by molar-refractivity contribution is 0.0698. The molecule has 0 saturated heterocycles. The van der Waals surface area contributed by atoms with Crippen LogP contribution in [0.2, 0.25) is 10.0 Å². The number of aromatic nitrogens is 3. The summed E-state index contributed by atoms with van der Waals surface area (Å²) in [5.41, 5.74) is 8.39. The summed E-state index contributed by atoms with van der Waals surface area (Å²) in [4.78, 5) is 37.8. The number of carboxylic acids is 1. The molecule has 0 saturated carbocycles. The van der Waals surface area contributed by atoms with Gasteiger partial charge in [-0.3, -0.25) is 4.79 Å². The van der Waals surface area contributed by atoms with Crippen molar-refractivity contribution in [3.8, 4) is 16.9 Å². The van der Waals surface area contributed by atoms with Crippen molar-refractivity contribution in [3.05, 3.63) is 116 Å². The maximum atomic E-state index is 14.9. The van der Waals surface area contributed by atoms with Crippen LogP contribution in [0.1, 0.15) is 68.3 Å². The summed E-state index contributed by atoms with van der Waals surface area (Å²) in [6.45, 7) is 10.7. The van der Waals surface area contributed by atoms with Gasteiger partial charge in [-0.15, -0.1) is 0 Å². The van der Waals surface area contributed by atoms with Crippen LogP contribution in [0.5, 0.6) is 5.75 Å². The predicted octanol–water partition coefficient (Wildman–Crippen LogP) is 9.72. The fraction of sp³-hybridized carbons (Fsp3) is 0.250. The highest BCUT2D eigenvalue weighted by atomic mass is 35.5. The van der Waals surface area contributed by atoms with Crippen molar-refractivity contribution in [1.29, 1.82) is 0 Å². The lowest BCUT2D eigenvalue weighted by atomic mass is 9.97. The van der Waals surface area contributed by atoms with E-state index in [-0.39, 0.29) is 17.5 Å². The van der Waals surface area contributed by atoms with E-state index >= 15 is 0 Å². The summed E-state index contributed by atoms with van der Waals surface area (Å²) in [6.07, 6.45) is 2.77. The molecular weight excluding hydrogens is 671 g/mol. The molecule has 10 heteroatoms. The molecule has 3 heterocycles. The minimum atomic E-state index is -1.01. The average Bonchev–Trinajstić information content (AvgIpc) is 3.42. The highest BCUT2D eigenvalue weighted by molar-refractivity contribution is 6.35. The van der Waals surface area contributed by atoms with Gasteiger partial charge in [0.2, 0.25) is 0 Å². The van der Waals surface area contributed by atoms with Crippen LogP contribution in [0.3, 0.4) is 0 Å². The van der Waals surface area contributed by atoms with E-state index in [4.69, 9.17) is 27.9 Å². The minimum absolute atomic E-state index is 0.157. The van der Waals surface area contributed by atoms with Gasteiger partial charge in [0.25, 0.3) is 5.91 Å². The number of anilines is 1. The van der Waals surface area contributed by atoms with Crippen molar-refractivity contribution < 1.29 is 19.4 Å². The smallest absolute Gasteiger partial charge is 0.336 e. The molecule has 0 unspecified atom stereocenters. The molecular formula is C40H36Cl2N4O4. The van der Waals surface area contributed by atoms with Gasteiger partial charge in [0.15, 0.2) is 0 Å². The van der Waals surface area contributed by atoms with E-state index in [1.165, 1.54) is 0 Å². The summed E-state index contributed by atoms with van der Waals surface area (Å²) < 4.78 is 8.33. The van der Waals surface area contributed by atoms with Crippen LogP contribution in [-0.2, 0) is 6.42 Å². The first kappa shape index (κ1) is 33.6. The Kier molecular flexibility index (Phi) is 8.78. The highest BCUT2D eigenvalue weighted by Gasteiger charge is 2.37. The molecule has 0 fully saturated rings. The number of carboxylic acid groups (broad SMARTS) is 1. The molecule has 4 aromatic carbocycles. The Labute approximate surface area is 300 Å². The summed E-state index contributed by atoms with van der Waals surface area (Å²) >= 11 is 13.4. The quantitative estimate of drug-likeness (QED) is 0.158. The molecule has 2 aromatic heterocycles. The zero-order valence-corrected chi connectivity index (χ0v) is 30.0. The molecule has 8 nitrogen and oxygen atoms in total. The van der Waals surface area contributed by atoms with Crippen molar-refractivity contribution >= 4 is 62.4 Å². The highest BCUT2D eigenvalue weighted by Crippen LogP contribution is 2.45. The largest absolute Gasteiger partial charge is 0.494 e. The number of carbonyl (C=O) groups is 2. The number of fused-ring (bicyclic) bond motifs is 4. The molecule has 0 bridgehead atoms. The van der Waals surface area contributed by atoms with E-state index in [0.29, 0.717) is 53.2 Å². The number of benzene rings is 4. The molecule has 6 aromatic rings. The van der Waals surface area contributed by atoms with Crippen LogP contribution in [0, 0.1) is 27.7 Å². The Balaban J connectivity index is 1.38. The van der Waals surface area contributed by atoms with Crippen LogP contribution in [0.15, 0.2) is 67.0 Å². The van der Waals surface area contributed by atoms with Gasteiger partial charge >= 0.3 is 5.97 Å². The Morgan fingerprint density at radius 2 is 1.60 bits per heavy atom. The molecule has 1 aliphatic rings. The number of aromatic carboxylic acids is 1. The van der Waals surface area contributed by atoms with Gasteiger partial charge < -0.3 is 19.3 Å². The van der Waals surface area contributed by atoms with E-state index in [9.17, 15) is 14.7 Å². The zero-order valence-electron chi connectivity index (χ0n) is 28.5. The van der Waals surface area contributed by atoms with E-state index < -0.39 is 5.97 Å². The third-order valence-corrected chi connectivity index (χ3v) is 10.6. The Morgan fingerprint density at radius 3 is 2.30 bits per heavy atom. The standard InChI is InChI=1S/C40H36Cl2N4O4/c1-21-17-26(18-22(2)36(21)42)50-16-8-12-29-30-14-15-32(41)35(34-24(4)43-20-44-25(34)5)37(30)46-23(3)19-45(39(47)38(29)46)33-13-7-9-27-28(33)10-6-11-31(27)40(48)49/h6-7,9-11,13-15,17-18,20,23H,8,12,16,19H2,1-5H3,(H,48,49)/t23-/m1/s1. The van der Waals surface area contributed by atoms with Crippen molar-refractivity contribution in [1.82, 2.24) is 14.5 Å². The van der Waals surface area contributed by atoms with E-state index in [1.54, 1.807) is 29.4 Å². The first-order chi connectivity index (χ1) is 24.0.